The fourth-order valence-electron chi connectivity index (χ4n) is 4.46. The van der Waals surface area contributed by atoms with Gasteiger partial charge >= 0.3 is 0 Å². The first kappa shape index (κ1) is 12.8. The van der Waals surface area contributed by atoms with E-state index in [1.54, 1.807) is 13.2 Å². The molecule has 2 fully saturated rings. The summed E-state index contributed by atoms with van der Waals surface area (Å²) < 4.78 is 5.24. The number of hydrogen-bond donors (Lipinski definition) is 1. The van der Waals surface area contributed by atoms with Gasteiger partial charge < -0.3 is 9.84 Å². The highest BCUT2D eigenvalue weighted by atomic mass is 16.5. The smallest absolute Gasteiger partial charge is 0.160 e. The molecule has 19 heavy (non-hydrogen) atoms. The van der Waals surface area contributed by atoms with E-state index in [9.17, 15) is 5.11 Å². The van der Waals surface area contributed by atoms with Crippen molar-refractivity contribution in [3.05, 3.63) is 23.8 Å². The van der Waals surface area contributed by atoms with Crippen molar-refractivity contribution in [1.29, 1.82) is 0 Å². The van der Waals surface area contributed by atoms with Crippen molar-refractivity contribution >= 4 is 0 Å². The van der Waals surface area contributed by atoms with Gasteiger partial charge in [0.25, 0.3) is 0 Å². The Bertz CT molecular complexity index is 488. The van der Waals surface area contributed by atoms with Crippen LogP contribution in [0, 0.1) is 23.2 Å². The van der Waals surface area contributed by atoms with Gasteiger partial charge in [-0.15, -0.1) is 0 Å². The third-order valence-electron chi connectivity index (χ3n) is 6.11. The maximum Gasteiger partial charge on any atom is 0.160 e. The lowest BCUT2D eigenvalue weighted by Gasteiger charge is -2.40. The Balaban J connectivity index is 1.90. The van der Waals surface area contributed by atoms with Gasteiger partial charge in [0.15, 0.2) is 11.5 Å². The molecule has 0 radical (unpaired) electrons. The number of rotatable bonds is 2. The molecule has 2 nitrogen and oxygen atoms in total. The summed E-state index contributed by atoms with van der Waals surface area (Å²) in [6, 6.07) is 5.87. The van der Waals surface area contributed by atoms with Gasteiger partial charge in [-0.05, 0) is 59.6 Å². The van der Waals surface area contributed by atoms with E-state index in [1.807, 2.05) is 6.07 Å². The summed E-state index contributed by atoms with van der Waals surface area (Å²) in [4.78, 5) is 0. The van der Waals surface area contributed by atoms with Crippen LogP contribution in [0.4, 0.5) is 0 Å². The number of phenolic OH excluding ortho intramolecular Hbond substituents is 1. The SMILES string of the molecule is COc1cc([C@@H]2C[C@@H]3C[C@H]2[C@@H](C)C3(C)C)ccc1O. The van der Waals surface area contributed by atoms with E-state index in [-0.39, 0.29) is 5.75 Å². The van der Waals surface area contributed by atoms with Crippen molar-refractivity contribution < 1.29 is 9.84 Å². The van der Waals surface area contributed by atoms with Crippen LogP contribution in [0.15, 0.2) is 18.2 Å². The van der Waals surface area contributed by atoms with Crippen LogP contribution in [-0.4, -0.2) is 12.2 Å². The first-order chi connectivity index (χ1) is 8.95. The third-order valence-corrected chi connectivity index (χ3v) is 6.11. The monoisotopic (exact) mass is 260 g/mol. The van der Waals surface area contributed by atoms with E-state index in [0.717, 1.165) is 17.8 Å². The van der Waals surface area contributed by atoms with Gasteiger partial charge in [-0.2, -0.15) is 0 Å². The van der Waals surface area contributed by atoms with Gasteiger partial charge in [0.1, 0.15) is 0 Å². The molecule has 0 spiro atoms. The molecule has 2 aliphatic carbocycles. The summed E-state index contributed by atoms with van der Waals surface area (Å²) in [5, 5.41) is 9.72. The highest BCUT2D eigenvalue weighted by Crippen LogP contribution is 2.64. The second kappa shape index (κ2) is 4.16. The number of methoxy groups -OCH3 is 1. The van der Waals surface area contributed by atoms with Crippen molar-refractivity contribution in [2.75, 3.05) is 7.11 Å². The van der Waals surface area contributed by atoms with Crippen LogP contribution in [0.3, 0.4) is 0 Å². The average molecular weight is 260 g/mol. The van der Waals surface area contributed by atoms with Crippen molar-refractivity contribution in [2.45, 2.75) is 39.5 Å². The Labute approximate surface area is 115 Å². The number of aromatic hydroxyl groups is 1. The van der Waals surface area contributed by atoms with E-state index in [1.165, 1.54) is 18.4 Å². The normalized spacial score (nSPS) is 35.6. The van der Waals surface area contributed by atoms with Gasteiger partial charge in [0, 0.05) is 0 Å². The maximum atomic E-state index is 9.72. The fraction of sp³-hybridized carbons (Fsp3) is 0.647. The van der Waals surface area contributed by atoms with Crippen molar-refractivity contribution in [3.8, 4) is 11.5 Å². The molecule has 2 bridgehead atoms. The molecule has 1 aromatic rings. The summed E-state index contributed by atoms with van der Waals surface area (Å²) in [6.45, 7) is 7.26. The third kappa shape index (κ3) is 1.76. The highest BCUT2D eigenvalue weighted by molar-refractivity contribution is 5.43. The number of benzene rings is 1. The molecule has 2 saturated carbocycles. The number of phenols is 1. The molecule has 2 heteroatoms. The molecule has 3 rings (SSSR count). The minimum absolute atomic E-state index is 0.239. The lowest BCUT2D eigenvalue weighted by molar-refractivity contribution is 0.122. The van der Waals surface area contributed by atoms with Crippen LogP contribution < -0.4 is 4.74 Å². The quantitative estimate of drug-likeness (QED) is 0.864. The fourth-order valence-corrected chi connectivity index (χ4v) is 4.46. The summed E-state index contributed by atoms with van der Waals surface area (Å²) in [7, 11) is 1.62. The Morgan fingerprint density at radius 3 is 2.58 bits per heavy atom. The van der Waals surface area contributed by atoms with E-state index >= 15 is 0 Å². The lowest BCUT2D eigenvalue weighted by Crippen LogP contribution is -2.32. The number of ether oxygens (including phenoxy) is 1. The van der Waals surface area contributed by atoms with Crippen molar-refractivity contribution in [3.63, 3.8) is 0 Å². The zero-order valence-corrected chi connectivity index (χ0v) is 12.3. The minimum atomic E-state index is 0.239. The van der Waals surface area contributed by atoms with Gasteiger partial charge in [0.2, 0.25) is 0 Å². The molecule has 4 atom stereocenters. The molecule has 2 aliphatic rings. The molecule has 0 unspecified atom stereocenters. The molecular formula is C17H24O2. The van der Waals surface area contributed by atoms with Crippen molar-refractivity contribution in [2.24, 2.45) is 23.2 Å². The van der Waals surface area contributed by atoms with E-state index in [4.69, 9.17) is 4.74 Å². The van der Waals surface area contributed by atoms with E-state index < -0.39 is 0 Å². The first-order valence-corrected chi connectivity index (χ1v) is 7.32. The van der Waals surface area contributed by atoms with Crippen LogP contribution in [0.1, 0.15) is 45.1 Å². The summed E-state index contributed by atoms with van der Waals surface area (Å²) in [6.07, 6.45) is 2.65. The predicted molar refractivity (Wildman–Crippen MR) is 76.6 cm³/mol. The lowest BCUT2D eigenvalue weighted by atomic mass is 9.65. The van der Waals surface area contributed by atoms with Crippen molar-refractivity contribution in [1.82, 2.24) is 0 Å². The standard InChI is InChI=1S/C17H24O2/c1-10-13-8-12(17(10,2)3)9-14(13)11-5-6-15(18)16(7-11)19-4/h5-7,10,12-14,18H,8-9H2,1-4H3/t10-,12+,13+,14+/m1/s1. The van der Waals surface area contributed by atoms with Crippen LogP contribution in [0.25, 0.3) is 0 Å². The number of hydrogen-bond acceptors (Lipinski definition) is 2. The summed E-state index contributed by atoms with van der Waals surface area (Å²) in [5.41, 5.74) is 1.83. The molecule has 1 aromatic carbocycles. The molecular weight excluding hydrogens is 236 g/mol. The largest absolute Gasteiger partial charge is 0.504 e. The van der Waals surface area contributed by atoms with Gasteiger partial charge in [-0.3, -0.25) is 0 Å². The topological polar surface area (TPSA) is 29.5 Å². The predicted octanol–water partition coefficient (Wildman–Crippen LogP) is 4.19. The number of fused-ring (bicyclic) bond motifs is 2. The van der Waals surface area contributed by atoms with Gasteiger partial charge in [0.05, 0.1) is 7.11 Å². The Morgan fingerprint density at radius 1 is 1.26 bits per heavy atom. The molecule has 1 N–H and O–H groups in total. The minimum Gasteiger partial charge on any atom is -0.504 e. The highest BCUT2D eigenvalue weighted by Gasteiger charge is 2.55. The molecule has 0 amide bonds. The average Bonchev–Trinajstić information content (AvgIpc) is 2.90. The molecule has 0 aromatic heterocycles. The zero-order chi connectivity index (χ0) is 13.8. The van der Waals surface area contributed by atoms with Crippen LogP contribution in [0.2, 0.25) is 0 Å². The van der Waals surface area contributed by atoms with Gasteiger partial charge in [-0.1, -0.05) is 26.8 Å². The second-order valence-electron chi connectivity index (χ2n) is 6.98. The summed E-state index contributed by atoms with van der Waals surface area (Å²) >= 11 is 0. The van der Waals surface area contributed by atoms with Crippen LogP contribution >= 0.6 is 0 Å². The van der Waals surface area contributed by atoms with Crippen LogP contribution in [0.5, 0.6) is 11.5 Å². The van der Waals surface area contributed by atoms with Gasteiger partial charge in [-0.25, -0.2) is 0 Å². The second-order valence-corrected chi connectivity index (χ2v) is 6.98. The molecule has 0 aliphatic heterocycles. The molecule has 104 valence electrons. The van der Waals surface area contributed by atoms with Crippen LogP contribution in [-0.2, 0) is 0 Å². The summed E-state index contributed by atoms with van der Waals surface area (Å²) in [5.74, 6) is 3.89. The first-order valence-electron chi connectivity index (χ1n) is 7.32. The molecule has 0 saturated heterocycles. The Morgan fingerprint density at radius 2 is 2.00 bits per heavy atom. The maximum absolute atomic E-state index is 9.72. The molecule has 0 heterocycles. The van der Waals surface area contributed by atoms with E-state index in [0.29, 0.717) is 17.1 Å². The zero-order valence-electron chi connectivity index (χ0n) is 12.3. The Kier molecular flexibility index (Phi) is 2.81. The Hall–Kier alpha value is -1.18. The van der Waals surface area contributed by atoms with E-state index in [2.05, 4.69) is 26.8 Å².